The number of aryl methyl sites for hydroxylation is 1. The molecule has 2 aromatic carbocycles. The minimum Gasteiger partial charge on any atom is -0.465 e. The minimum absolute atomic E-state index is 0.358. The van der Waals surface area contributed by atoms with Gasteiger partial charge in [0.2, 0.25) is 0 Å². The molecule has 4 aromatic rings. The standard InChI is InChI=1S/C23H22N6O3S/c1-3-5-17-13-20(29-22(26-17)24-14-25-29)33-19-10-8-16(9-11-19)27-23(31)28-18-7-4-6-15(12-18)21(30)32-2/h4,6-14H,3,5H2,1-2H3,(H2,27,28,31). The van der Waals surface area contributed by atoms with E-state index >= 15 is 0 Å². The zero-order valence-corrected chi connectivity index (χ0v) is 18.9. The maximum Gasteiger partial charge on any atom is 0.337 e. The third-order valence-electron chi connectivity index (χ3n) is 4.65. The summed E-state index contributed by atoms with van der Waals surface area (Å²) in [5.74, 6) is 0.112. The van der Waals surface area contributed by atoms with Gasteiger partial charge in [-0.15, -0.1) is 0 Å². The molecule has 0 spiro atoms. The first-order chi connectivity index (χ1) is 16.1. The number of ether oxygens (including phenoxy) is 1. The molecule has 4 rings (SSSR count). The van der Waals surface area contributed by atoms with Crippen molar-refractivity contribution in [3.63, 3.8) is 0 Å². The fourth-order valence-electron chi connectivity index (χ4n) is 3.15. The number of urea groups is 1. The van der Waals surface area contributed by atoms with Crippen LogP contribution in [0.4, 0.5) is 16.2 Å². The minimum atomic E-state index is -0.466. The lowest BCUT2D eigenvalue weighted by Gasteiger charge is -2.10. The molecule has 2 N–H and O–H groups in total. The smallest absolute Gasteiger partial charge is 0.337 e. The topological polar surface area (TPSA) is 111 Å². The van der Waals surface area contributed by atoms with Gasteiger partial charge in [0.1, 0.15) is 11.4 Å². The van der Waals surface area contributed by atoms with Gasteiger partial charge in [-0.2, -0.15) is 14.6 Å². The summed E-state index contributed by atoms with van der Waals surface area (Å²) in [4.78, 5) is 33.7. The molecular weight excluding hydrogens is 440 g/mol. The number of aromatic nitrogens is 4. The van der Waals surface area contributed by atoms with E-state index in [1.807, 2.05) is 30.3 Å². The average Bonchev–Trinajstić information content (AvgIpc) is 3.29. The Bertz CT molecular complexity index is 1290. The van der Waals surface area contributed by atoms with Gasteiger partial charge in [0, 0.05) is 22.0 Å². The van der Waals surface area contributed by atoms with Gasteiger partial charge < -0.3 is 15.4 Å². The molecule has 168 valence electrons. The number of carbonyl (C=O) groups excluding carboxylic acids is 2. The molecule has 0 saturated carbocycles. The van der Waals surface area contributed by atoms with Crippen LogP contribution in [0.1, 0.15) is 29.4 Å². The molecule has 9 nitrogen and oxygen atoms in total. The second-order valence-electron chi connectivity index (χ2n) is 7.09. The van der Waals surface area contributed by atoms with Crippen LogP contribution in [0.3, 0.4) is 0 Å². The van der Waals surface area contributed by atoms with E-state index in [0.29, 0.717) is 22.7 Å². The first-order valence-corrected chi connectivity index (χ1v) is 11.1. The van der Waals surface area contributed by atoms with E-state index in [-0.39, 0.29) is 0 Å². The lowest BCUT2D eigenvalue weighted by Crippen LogP contribution is -2.19. The highest BCUT2D eigenvalue weighted by molar-refractivity contribution is 7.99. The molecule has 0 unspecified atom stereocenters. The lowest BCUT2D eigenvalue weighted by molar-refractivity contribution is 0.0600. The summed E-state index contributed by atoms with van der Waals surface area (Å²) in [6.07, 6.45) is 3.36. The third-order valence-corrected chi connectivity index (χ3v) is 5.66. The normalized spacial score (nSPS) is 10.7. The van der Waals surface area contributed by atoms with E-state index in [1.165, 1.54) is 13.4 Å². The fourth-order valence-corrected chi connectivity index (χ4v) is 4.07. The maximum absolute atomic E-state index is 12.4. The van der Waals surface area contributed by atoms with Crippen LogP contribution in [-0.4, -0.2) is 38.7 Å². The molecular formula is C23H22N6O3S. The summed E-state index contributed by atoms with van der Waals surface area (Å²) in [7, 11) is 1.31. The summed E-state index contributed by atoms with van der Waals surface area (Å²) in [5.41, 5.74) is 2.45. The van der Waals surface area contributed by atoms with Gasteiger partial charge in [-0.25, -0.2) is 14.6 Å². The SMILES string of the molecule is CCCc1cc(Sc2ccc(NC(=O)Nc3cccc(C(=O)OC)c3)cc2)n2ncnc2n1. The van der Waals surface area contributed by atoms with Gasteiger partial charge in [-0.05, 0) is 55.0 Å². The Morgan fingerprint density at radius 1 is 1.06 bits per heavy atom. The molecule has 2 heterocycles. The van der Waals surface area contributed by atoms with Crippen molar-refractivity contribution in [2.24, 2.45) is 0 Å². The molecule has 2 aromatic heterocycles. The molecule has 10 heteroatoms. The number of amides is 2. The average molecular weight is 463 g/mol. The number of rotatable bonds is 7. The first kappa shape index (κ1) is 22.3. The molecule has 2 amide bonds. The molecule has 0 saturated heterocycles. The number of anilines is 2. The zero-order chi connectivity index (χ0) is 23.2. The van der Waals surface area contributed by atoms with Gasteiger partial charge in [-0.1, -0.05) is 31.2 Å². The van der Waals surface area contributed by atoms with Crippen LogP contribution >= 0.6 is 11.8 Å². The van der Waals surface area contributed by atoms with Crippen LogP contribution in [0, 0.1) is 0 Å². The highest BCUT2D eigenvalue weighted by Gasteiger charge is 2.10. The van der Waals surface area contributed by atoms with E-state index in [1.54, 1.807) is 40.5 Å². The van der Waals surface area contributed by atoms with Gasteiger partial charge in [-0.3, -0.25) is 0 Å². The Labute approximate surface area is 194 Å². The van der Waals surface area contributed by atoms with Gasteiger partial charge in [0.25, 0.3) is 5.78 Å². The molecule has 0 fully saturated rings. The molecule has 0 bridgehead atoms. The fraction of sp³-hybridized carbons (Fsp3) is 0.174. The number of hydrogen-bond acceptors (Lipinski definition) is 7. The monoisotopic (exact) mass is 462 g/mol. The predicted molar refractivity (Wildman–Crippen MR) is 126 cm³/mol. The van der Waals surface area contributed by atoms with Crippen molar-refractivity contribution in [3.05, 3.63) is 72.2 Å². The lowest BCUT2D eigenvalue weighted by atomic mass is 10.2. The van der Waals surface area contributed by atoms with Crippen molar-refractivity contribution in [3.8, 4) is 0 Å². The van der Waals surface area contributed by atoms with Crippen LogP contribution in [0.15, 0.2) is 70.8 Å². The third kappa shape index (κ3) is 5.47. The molecule has 0 atom stereocenters. The second-order valence-corrected chi connectivity index (χ2v) is 8.18. The van der Waals surface area contributed by atoms with E-state index in [2.05, 4.69) is 32.6 Å². The Kier molecular flexibility index (Phi) is 6.84. The molecule has 0 radical (unpaired) electrons. The second kappa shape index (κ2) is 10.1. The molecule has 0 aliphatic carbocycles. The van der Waals surface area contributed by atoms with Crippen LogP contribution in [0.25, 0.3) is 5.78 Å². The van der Waals surface area contributed by atoms with Crippen molar-refractivity contribution in [1.82, 2.24) is 19.6 Å². The van der Waals surface area contributed by atoms with Crippen molar-refractivity contribution in [2.45, 2.75) is 29.7 Å². The van der Waals surface area contributed by atoms with Crippen LogP contribution in [-0.2, 0) is 11.2 Å². The highest BCUT2D eigenvalue weighted by atomic mass is 32.2. The van der Waals surface area contributed by atoms with Crippen molar-refractivity contribution < 1.29 is 14.3 Å². The van der Waals surface area contributed by atoms with Crippen LogP contribution in [0.2, 0.25) is 0 Å². The maximum atomic E-state index is 12.4. The Morgan fingerprint density at radius 3 is 2.61 bits per heavy atom. The van der Waals surface area contributed by atoms with E-state index in [4.69, 9.17) is 4.74 Å². The molecule has 33 heavy (non-hydrogen) atoms. The quantitative estimate of drug-likeness (QED) is 0.304. The number of methoxy groups -OCH3 is 1. The van der Waals surface area contributed by atoms with Crippen LogP contribution < -0.4 is 10.6 Å². The predicted octanol–water partition coefficient (Wildman–Crippen LogP) is 4.66. The van der Waals surface area contributed by atoms with E-state index in [9.17, 15) is 9.59 Å². The van der Waals surface area contributed by atoms with Crippen LogP contribution in [0.5, 0.6) is 0 Å². The van der Waals surface area contributed by atoms with Gasteiger partial charge in [0.05, 0.1) is 12.7 Å². The van der Waals surface area contributed by atoms with Gasteiger partial charge >= 0.3 is 12.0 Å². The number of fused-ring (bicyclic) bond motifs is 1. The summed E-state index contributed by atoms with van der Waals surface area (Å²) in [5, 5.41) is 10.7. The zero-order valence-electron chi connectivity index (χ0n) is 18.1. The first-order valence-electron chi connectivity index (χ1n) is 10.3. The largest absolute Gasteiger partial charge is 0.465 e. The summed E-state index contributed by atoms with van der Waals surface area (Å²) in [6, 6.07) is 15.6. The number of esters is 1. The number of hydrogen-bond donors (Lipinski definition) is 2. The van der Waals surface area contributed by atoms with Crippen molar-refractivity contribution >= 4 is 40.9 Å². The number of carbonyl (C=O) groups is 2. The molecule has 0 aliphatic rings. The van der Waals surface area contributed by atoms with E-state index < -0.39 is 12.0 Å². The van der Waals surface area contributed by atoms with E-state index in [0.717, 1.165) is 28.5 Å². The summed E-state index contributed by atoms with van der Waals surface area (Å²) < 4.78 is 6.42. The Hall–Kier alpha value is -3.92. The van der Waals surface area contributed by atoms with Gasteiger partial charge in [0.15, 0.2) is 0 Å². The summed E-state index contributed by atoms with van der Waals surface area (Å²) >= 11 is 1.55. The number of benzene rings is 2. The number of nitrogens with zero attached hydrogens (tertiary/aromatic N) is 4. The Morgan fingerprint density at radius 2 is 1.85 bits per heavy atom. The molecule has 0 aliphatic heterocycles. The summed E-state index contributed by atoms with van der Waals surface area (Å²) in [6.45, 7) is 2.11. The van der Waals surface area contributed by atoms with Crippen molar-refractivity contribution in [1.29, 1.82) is 0 Å². The Balaban J connectivity index is 1.42. The van der Waals surface area contributed by atoms with Crippen molar-refractivity contribution in [2.75, 3.05) is 17.7 Å². The highest BCUT2D eigenvalue weighted by Crippen LogP contribution is 2.29. The number of nitrogens with one attached hydrogen (secondary N) is 2.